The van der Waals surface area contributed by atoms with Gasteiger partial charge >= 0.3 is 0 Å². The van der Waals surface area contributed by atoms with Crippen LogP contribution < -0.4 is 4.90 Å². The molecule has 5 nitrogen and oxygen atoms in total. The van der Waals surface area contributed by atoms with Gasteiger partial charge in [0.15, 0.2) is 0 Å². The average Bonchev–Trinajstić information content (AvgIpc) is 2.98. The summed E-state index contributed by atoms with van der Waals surface area (Å²) in [6.07, 6.45) is 3.38. The van der Waals surface area contributed by atoms with Crippen LogP contribution in [0.1, 0.15) is 29.6 Å². The highest BCUT2D eigenvalue weighted by Crippen LogP contribution is 2.25. The first-order chi connectivity index (χ1) is 12.2. The molecule has 3 heterocycles. The average molecular weight is 347 g/mol. The summed E-state index contributed by atoms with van der Waals surface area (Å²) in [6.45, 7) is 6.36. The Labute approximate surface area is 148 Å². The van der Waals surface area contributed by atoms with Crippen LogP contribution in [0, 0.1) is 5.82 Å². The molecule has 0 radical (unpaired) electrons. The van der Waals surface area contributed by atoms with Crippen LogP contribution in [-0.4, -0.2) is 74.2 Å². The Kier molecular flexibility index (Phi) is 4.90. The number of anilines is 1. The van der Waals surface area contributed by atoms with Gasteiger partial charge in [-0.05, 0) is 44.0 Å². The van der Waals surface area contributed by atoms with Crippen molar-refractivity contribution in [3.8, 4) is 0 Å². The minimum Gasteiger partial charge on any atom is -0.378 e. The van der Waals surface area contributed by atoms with Gasteiger partial charge in [0.05, 0.1) is 18.9 Å². The molecule has 1 amide bonds. The molecule has 0 saturated carbocycles. The monoisotopic (exact) mass is 347 g/mol. The van der Waals surface area contributed by atoms with Gasteiger partial charge < -0.3 is 14.5 Å². The van der Waals surface area contributed by atoms with E-state index in [1.807, 2.05) is 9.80 Å². The van der Waals surface area contributed by atoms with E-state index in [0.717, 1.165) is 39.0 Å². The summed E-state index contributed by atoms with van der Waals surface area (Å²) in [4.78, 5) is 19.3. The molecule has 3 aliphatic heterocycles. The molecule has 0 spiro atoms. The molecule has 0 N–H and O–H groups in total. The van der Waals surface area contributed by atoms with Crippen molar-refractivity contribution in [2.75, 3.05) is 57.4 Å². The van der Waals surface area contributed by atoms with Crippen LogP contribution in [0.5, 0.6) is 0 Å². The van der Waals surface area contributed by atoms with Crippen molar-refractivity contribution in [1.82, 2.24) is 9.80 Å². The van der Waals surface area contributed by atoms with E-state index in [9.17, 15) is 9.18 Å². The van der Waals surface area contributed by atoms with E-state index in [-0.39, 0.29) is 11.7 Å². The number of rotatable bonds is 2. The Balaban J connectivity index is 1.48. The van der Waals surface area contributed by atoms with Crippen LogP contribution in [0.4, 0.5) is 10.1 Å². The number of carbonyl (C=O) groups is 1. The molecular formula is C19H26FN3O2. The minimum atomic E-state index is -0.315. The van der Waals surface area contributed by atoms with Crippen LogP contribution in [0.25, 0.3) is 0 Å². The topological polar surface area (TPSA) is 36.0 Å². The number of halogens is 1. The first-order valence-electron chi connectivity index (χ1n) is 9.38. The quantitative estimate of drug-likeness (QED) is 0.820. The maximum absolute atomic E-state index is 14.6. The number of benzene rings is 1. The molecule has 0 aromatic heterocycles. The number of ether oxygens (including phenoxy) is 1. The summed E-state index contributed by atoms with van der Waals surface area (Å²) in [6, 6.07) is 5.40. The summed E-state index contributed by atoms with van der Waals surface area (Å²) < 4.78 is 19.9. The van der Waals surface area contributed by atoms with Crippen molar-refractivity contribution in [2.45, 2.75) is 25.3 Å². The first-order valence-corrected chi connectivity index (χ1v) is 9.38. The van der Waals surface area contributed by atoms with Crippen LogP contribution in [0.15, 0.2) is 18.2 Å². The maximum Gasteiger partial charge on any atom is 0.254 e. The van der Waals surface area contributed by atoms with Crippen LogP contribution in [0.2, 0.25) is 0 Å². The van der Waals surface area contributed by atoms with Crippen molar-refractivity contribution >= 4 is 11.6 Å². The van der Waals surface area contributed by atoms with Crippen LogP contribution >= 0.6 is 0 Å². The van der Waals surface area contributed by atoms with E-state index in [1.165, 1.54) is 12.5 Å². The van der Waals surface area contributed by atoms with Gasteiger partial charge in [-0.1, -0.05) is 0 Å². The van der Waals surface area contributed by atoms with Gasteiger partial charge in [0.2, 0.25) is 0 Å². The number of hydrogen-bond acceptors (Lipinski definition) is 4. The lowest BCUT2D eigenvalue weighted by Gasteiger charge is -2.29. The van der Waals surface area contributed by atoms with Gasteiger partial charge in [-0.15, -0.1) is 0 Å². The fraction of sp³-hybridized carbons (Fsp3) is 0.632. The van der Waals surface area contributed by atoms with Crippen LogP contribution in [0.3, 0.4) is 0 Å². The van der Waals surface area contributed by atoms with E-state index in [2.05, 4.69) is 4.90 Å². The zero-order valence-corrected chi connectivity index (χ0v) is 14.6. The standard InChI is InChI=1S/C19H26FN3O2/c20-17-13-15(4-5-18(17)22-9-11-25-12-10-22)19(24)23-8-2-7-21-6-1-3-16(21)14-23/h4-5,13,16H,1-3,6-12,14H2/t16-/m1/s1. The largest absolute Gasteiger partial charge is 0.378 e. The molecule has 1 atom stereocenters. The lowest BCUT2D eigenvalue weighted by Crippen LogP contribution is -2.39. The molecule has 25 heavy (non-hydrogen) atoms. The fourth-order valence-corrected chi connectivity index (χ4v) is 4.27. The van der Waals surface area contributed by atoms with E-state index in [4.69, 9.17) is 4.74 Å². The molecule has 3 fully saturated rings. The second-order valence-electron chi connectivity index (χ2n) is 7.20. The number of fused-ring (bicyclic) bond motifs is 1. The molecule has 0 aliphatic carbocycles. The Hall–Kier alpha value is -1.66. The highest BCUT2D eigenvalue weighted by atomic mass is 19.1. The summed E-state index contributed by atoms with van der Waals surface area (Å²) in [7, 11) is 0. The fourth-order valence-electron chi connectivity index (χ4n) is 4.27. The molecule has 3 saturated heterocycles. The second kappa shape index (κ2) is 7.30. The third-order valence-corrected chi connectivity index (χ3v) is 5.64. The number of nitrogens with zero attached hydrogens (tertiary/aromatic N) is 3. The number of carbonyl (C=O) groups excluding carboxylic acids is 1. The SMILES string of the molecule is O=C(c1ccc(N2CCOCC2)c(F)c1)N1CCCN2CCC[C@@H]2C1. The Bertz CT molecular complexity index is 633. The van der Waals surface area contributed by atoms with E-state index >= 15 is 0 Å². The van der Waals surface area contributed by atoms with E-state index < -0.39 is 0 Å². The third-order valence-electron chi connectivity index (χ3n) is 5.64. The normalized spacial score (nSPS) is 24.9. The molecule has 136 valence electrons. The van der Waals surface area contributed by atoms with Crippen molar-refractivity contribution in [2.24, 2.45) is 0 Å². The smallest absolute Gasteiger partial charge is 0.254 e. The van der Waals surface area contributed by atoms with Crippen LogP contribution in [-0.2, 0) is 4.74 Å². The van der Waals surface area contributed by atoms with Gasteiger partial charge in [-0.2, -0.15) is 0 Å². The van der Waals surface area contributed by atoms with Crippen molar-refractivity contribution in [3.05, 3.63) is 29.6 Å². The lowest BCUT2D eigenvalue weighted by molar-refractivity contribution is 0.0743. The molecule has 0 unspecified atom stereocenters. The van der Waals surface area contributed by atoms with E-state index in [1.54, 1.807) is 12.1 Å². The molecule has 0 bridgehead atoms. The summed E-state index contributed by atoms with van der Waals surface area (Å²) >= 11 is 0. The Morgan fingerprint density at radius 2 is 1.88 bits per heavy atom. The molecular weight excluding hydrogens is 321 g/mol. The predicted octanol–water partition coefficient (Wildman–Crippen LogP) is 1.97. The summed E-state index contributed by atoms with van der Waals surface area (Å²) in [5, 5.41) is 0. The summed E-state index contributed by atoms with van der Waals surface area (Å²) in [5.41, 5.74) is 1.03. The van der Waals surface area contributed by atoms with Gasteiger partial charge in [0, 0.05) is 44.3 Å². The summed E-state index contributed by atoms with van der Waals surface area (Å²) in [5.74, 6) is -0.355. The molecule has 4 rings (SSSR count). The van der Waals surface area contributed by atoms with Crippen molar-refractivity contribution in [3.63, 3.8) is 0 Å². The Morgan fingerprint density at radius 3 is 2.68 bits per heavy atom. The zero-order valence-electron chi connectivity index (χ0n) is 14.6. The lowest BCUT2D eigenvalue weighted by atomic mass is 10.1. The maximum atomic E-state index is 14.6. The molecule has 3 aliphatic rings. The van der Waals surface area contributed by atoms with E-state index in [0.29, 0.717) is 43.6 Å². The molecule has 1 aromatic carbocycles. The molecule has 1 aromatic rings. The first kappa shape index (κ1) is 16.8. The minimum absolute atomic E-state index is 0.0406. The highest BCUT2D eigenvalue weighted by molar-refractivity contribution is 5.94. The van der Waals surface area contributed by atoms with Crippen molar-refractivity contribution in [1.29, 1.82) is 0 Å². The number of morpholine rings is 1. The zero-order chi connectivity index (χ0) is 17.2. The van der Waals surface area contributed by atoms with Gasteiger partial charge in [0.25, 0.3) is 5.91 Å². The number of amides is 1. The Morgan fingerprint density at radius 1 is 1.08 bits per heavy atom. The van der Waals surface area contributed by atoms with Gasteiger partial charge in [-0.3, -0.25) is 9.69 Å². The predicted molar refractivity (Wildman–Crippen MR) is 94.5 cm³/mol. The van der Waals surface area contributed by atoms with Crippen molar-refractivity contribution < 1.29 is 13.9 Å². The van der Waals surface area contributed by atoms with Gasteiger partial charge in [0.1, 0.15) is 5.82 Å². The van der Waals surface area contributed by atoms with Gasteiger partial charge in [-0.25, -0.2) is 4.39 Å². The third kappa shape index (κ3) is 3.51. The highest BCUT2D eigenvalue weighted by Gasteiger charge is 2.31. The molecule has 6 heteroatoms. The second-order valence-corrected chi connectivity index (χ2v) is 7.20. The number of hydrogen-bond donors (Lipinski definition) is 0.